The zero-order chi connectivity index (χ0) is 20.3. The van der Waals surface area contributed by atoms with Crippen molar-refractivity contribution in [1.82, 2.24) is 0 Å². The molecule has 0 aromatic heterocycles. The van der Waals surface area contributed by atoms with E-state index in [2.05, 4.69) is 0 Å². The number of carboxylic acids is 1. The van der Waals surface area contributed by atoms with Crippen molar-refractivity contribution in [3.05, 3.63) is 34.9 Å². The van der Waals surface area contributed by atoms with Crippen LogP contribution in [-0.2, 0) is 20.7 Å². The molecule has 0 heterocycles. The van der Waals surface area contributed by atoms with Crippen LogP contribution < -0.4 is 0 Å². The molecule has 1 aromatic carbocycles. The number of esters is 1. The van der Waals surface area contributed by atoms with Crippen LogP contribution in [0, 0.1) is 0 Å². The van der Waals surface area contributed by atoms with Crippen LogP contribution in [0.25, 0.3) is 0 Å². The molecule has 0 saturated carbocycles. The Hall–Kier alpha value is -0.970. The number of benzene rings is 1. The van der Waals surface area contributed by atoms with Crippen LogP contribution in [0.2, 0.25) is 5.02 Å². The number of aryl methyl sites for hydroxylation is 1. The molecule has 0 spiro atoms. The van der Waals surface area contributed by atoms with Gasteiger partial charge >= 0.3 is 11.9 Å². The van der Waals surface area contributed by atoms with Gasteiger partial charge in [0.25, 0.3) is 0 Å². The van der Waals surface area contributed by atoms with Gasteiger partial charge in [-0.15, -0.1) is 0 Å². The molecule has 1 unspecified atom stereocenters. The summed E-state index contributed by atoms with van der Waals surface area (Å²) in [7, 11) is 0. The third-order valence-corrected chi connectivity index (χ3v) is 5.28. The Morgan fingerprint density at radius 3 is 2.22 bits per heavy atom. The van der Waals surface area contributed by atoms with Gasteiger partial charge in [0.2, 0.25) is 4.33 Å². The van der Waals surface area contributed by atoms with Crippen molar-refractivity contribution in [2.24, 2.45) is 0 Å². The first-order valence-corrected chi connectivity index (χ1v) is 10.4. The van der Waals surface area contributed by atoms with E-state index >= 15 is 0 Å². The first-order valence-electron chi connectivity index (χ1n) is 9.23. The van der Waals surface area contributed by atoms with E-state index in [0.29, 0.717) is 11.4 Å². The fourth-order valence-electron chi connectivity index (χ4n) is 2.83. The number of carboxylic acid groups (broad SMARTS) is 1. The fourth-order valence-corrected chi connectivity index (χ4v) is 3.23. The van der Waals surface area contributed by atoms with Crippen LogP contribution in [0.15, 0.2) is 24.3 Å². The molecular weight excluding hydrogens is 411 g/mol. The maximum absolute atomic E-state index is 11.3. The van der Waals surface area contributed by atoms with Gasteiger partial charge in [-0.05, 0) is 56.2 Å². The molecule has 0 saturated heterocycles. The summed E-state index contributed by atoms with van der Waals surface area (Å²) in [5.74, 6) is -1.46. The minimum atomic E-state index is -1.69. The van der Waals surface area contributed by atoms with Crippen LogP contribution >= 0.6 is 34.8 Å². The number of carbonyl (C=O) groups excluding carboxylic acids is 1. The van der Waals surface area contributed by atoms with Crippen molar-refractivity contribution in [2.75, 3.05) is 0 Å². The fraction of sp³-hybridized carbons (Fsp3) is 0.600. The van der Waals surface area contributed by atoms with Gasteiger partial charge in [0.1, 0.15) is 6.10 Å². The van der Waals surface area contributed by atoms with E-state index in [1.807, 2.05) is 24.3 Å². The first-order chi connectivity index (χ1) is 12.7. The predicted molar refractivity (Wildman–Crippen MR) is 110 cm³/mol. The Kier molecular flexibility index (Phi) is 11.1. The number of halogens is 3. The molecule has 0 radical (unpaired) electrons. The van der Waals surface area contributed by atoms with Crippen LogP contribution in [0.4, 0.5) is 0 Å². The van der Waals surface area contributed by atoms with E-state index in [4.69, 9.17) is 44.6 Å². The second-order valence-electron chi connectivity index (χ2n) is 6.71. The third-order valence-electron chi connectivity index (χ3n) is 4.33. The van der Waals surface area contributed by atoms with E-state index in [1.54, 1.807) is 0 Å². The standard InChI is InChI=1S/C20H27Cl3O4/c1-15(24)27-18(13-10-16-8-11-17(21)12-9-16)7-5-3-2-4-6-14-20(22,23)19(25)26/h8-9,11-12,18H,2-7,10,13-14H2,1H3,(H,25,26). The Labute approximate surface area is 176 Å². The van der Waals surface area contributed by atoms with Crippen molar-refractivity contribution in [3.8, 4) is 0 Å². The molecule has 1 atom stereocenters. The zero-order valence-electron chi connectivity index (χ0n) is 15.6. The smallest absolute Gasteiger partial charge is 0.340 e. The number of hydrogen-bond donors (Lipinski definition) is 1. The average molecular weight is 438 g/mol. The van der Waals surface area contributed by atoms with Gasteiger partial charge in [-0.2, -0.15) is 0 Å². The quantitative estimate of drug-likeness (QED) is 0.227. The number of ether oxygens (including phenoxy) is 1. The lowest BCUT2D eigenvalue weighted by Crippen LogP contribution is -2.25. The minimum absolute atomic E-state index is 0.0940. The normalized spacial score (nSPS) is 12.6. The number of alkyl halides is 2. The van der Waals surface area contributed by atoms with Gasteiger partial charge in [0.05, 0.1) is 0 Å². The van der Waals surface area contributed by atoms with Gasteiger partial charge in [-0.1, -0.05) is 66.2 Å². The highest BCUT2D eigenvalue weighted by molar-refractivity contribution is 6.57. The molecule has 0 aliphatic heterocycles. The molecule has 1 aromatic rings. The van der Waals surface area contributed by atoms with Crippen molar-refractivity contribution in [3.63, 3.8) is 0 Å². The van der Waals surface area contributed by atoms with Crippen LogP contribution in [-0.4, -0.2) is 27.5 Å². The van der Waals surface area contributed by atoms with Crippen LogP contribution in [0.1, 0.15) is 63.9 Å². The van der Waals surface area contributed by atoms with E-state index in [0.717, 1.165) is 44.9 Å². The van der Waals surface area contributed by atoms with Crippen molar-refractivity contribution >= 4 is 46.7 Å². The summed E-state index contributed by atoms with van der Waals surface area (Å²) < 4.78 is 3.74. The SMILES string of the molecule is CC(=O)OC(CCCCCCCC(Cl)(Cl)C(=O)O)CCc1ccc(Cl)cc1. The summed E-state index contributed by atoms with van der Waals surface area (Å²) in [5.41, 5.74) is 1.17. The Bertz CT molecular complexity index is 587. The van der Waals surface area contributed by atoms with Crippen molar-refractivity contribution < 1.29 is 19.4 Å². The molecule has 7 heteroatoms. The van der Waals surface area contributed by atoms with Gasteiger partial charge < -0.3 is 9.84 Å². The topological polar surface area (TPSA) is 63.6 Å². The monoisotopic (exact) mass is 436 g/mol. The lowest BCUT2D eigenvalue weighted by molar-refractivity contribution is -0.147. The Balaban J connectivity index is 2.25. The predicted octanol–water partition coefficient (Wildman–Crippen LogP) is 6.19. The molecule has 4 nitrogen and oxygen atoms in total. The van der Waals surface area contributed by atoms with Crippen molar-refractivity contribution in [1.29, 1.82) is 0 Å². The maximum Gasteiger partial charge on any atom is 0.340 e. The zero-order valence-corrected chi connectivity index (χ0v) is 17.8. The molecule has 0 bridgehead atoms. The summed E-state index contributed by atoms with van der Waals surface area (Å²) in [5, 5.41) is 9.56. The minimum Gasteiger partial charge on any atom is -0.479 e. The molecule has 0 aliphatic rings. The number of unbranched alkanes of at least 4 members (excludes halogenated alkanes) is 4. The number of rotatable bonds is 13. The van der Waals surface area contributed by atoms with E-state index in [9.17, 15) is 9.59 Å². The summed E-state index contributed by atoms with van der Waals surface area (Å²) in [6.45, 7) is 1.43. The Morgan fingerprint density at radius 1 is 1.04 bits per heavy atom. The van der Waals surface area contributed by atoms with Gasteiger partial charge in [-0.25, -0.2) is 4.79 Å². The number of aliphatic carboxylic acids is 1. The molecule has 1 rings (SSSR count). The molecule has 0 aliphatic carbocycles. The molecule has 0 fully saturated rings. The average Bonchev–Trinajstić information content (AvgIpc) is 2.59. The highest BCUT2D eigenvalue weighted by Gasteiger charge is 2.32. The first kappa shape index (κ1) is 24.1. The maximum atomic E-state index is 11.3. The summed E-state index contributed by atoms with van der Waals surface area (Å²) in [6, 6.07) is 7.69. The molecular formula is C20H27Cl3O4. The highest BCUT2D eigenvalue weighted by Crippen LogP contribution is 2.28. The van der Waals surface area contributed by atoms with E-state index in [-0.39, 0.29) is 18.5 Å². The summed E-state index contributed by atoms with van der Waals surface area (Å²) in [6.07, 6.45) is 7.02. The molecule has 152 valence electrons. The van der Waals surface area contributed by atoms with E-state index in [1.165, 1.54) is 12.5 Å². The largest absolute Gasteiger partial charge is 0.479 e. The van der Waals surface area contributed by atoms with Crippen LogP contribution in [0.5, 0.6) is 0 Å². The van der Waals surface area contributed by atoms with Crippen molar-refractivity contribution in [2.45, 2.75) is 75.1 Å². The molecule has 1 N–H and O–H groups in total. The highest BCUT2D eigenvalue weighted by atomic mass is 35.5. The van der Waals surface area contributed by atoms with E-state index < -0.39 is 10.3 Å². The molecule has 0 amide bonds. The number of hydrogen-bond acceptors (Lipinski definition) is 3. The second-order valence-corrected chi connectivity index (χ2v) is 8.63. The lowest BCUT2D eigenvalue weighted by atomic mass is 10.0. The Morgan fingerprint density at radius 2 is 1.63 bits per heavy atom. The summed E-state index contributed by atoms with van der Waals surface area (Å²) >= 11 is 17.3. The number of carbonyl (C=O) groups is 2. The lowest BCUT2D eigenvalue weighted by Gasteiger charge is -2.17. The van der Waals surface area contributed by atoms with Gasteiger partial charge in [0.15, 0.2) is 0 Å². The van der Waals surface area contributed by atoms with Crippen LogP contribution in [0.3, 0.4) is 0 Å². The molecule has 27 heavy (non-hydrogen) atoms. The van der Waals surface area contributed by atoms with Gasteiger partial charge in [-0.3, -0.25) is 4.79 Å². The third kappa shape index (κ3) is 10.8. The second kappa shape index (κ2) is 12.5. The summed E-state index contributed by atoms with van der Waals surface area (Å²) in [4.78, 5) is 22.1. The van der Waals surface area contributed by atoms with Gasteiger partial charge in [0, 0.05) is 11.9 Å².